The van der Waals surface area contributed by atoms with Crippen LogP contribution in [0, 0.1) is 5.82 Å². The summed E-state index contributed by atoms with van der Waals surface area (Å²) < 4.78 is 12.8. The Morgan fingerprint density at radius 2 is 2.00 bits per heavy atom. The first-order chi connectivity index (χ1) is 8.22. The molecule has 5 heteroatoms. The summed E-state index contributed by atoms with van der Waals surface area (Å²) in [5, 5.41) is 3.02. The van der Waals surface area contributed by atoms with Crippen molar-refractivity contribution in [2.75, 3.05) is 38.1 Å². The highest BCUT2D eigenvalue weighted by molar-refractivity contribution is 5.94. The molecule has 0 spiro atoms. The van der Waals surface area contributed by atoms with E-state index >= 15 is 0 Å². The van der Waals surface area contributed by atoms with Crippen LogP contribution in [0.3, 0.4) is 0 Å². The summed E-state index contributed by atoms with van der Waals surface area (Å²) in [4.78, 5) is 15.5. The summed E-state index contributed by atoms with van der Waals surface area (Å²) in [6, 6.07) is 6.01. The Labute approximate surface area is 100 Å². The van der Waals surface area contributed by atoms with Crippen molar-refractivity contribution in [3.05, 3.63) is 30.1 Å². The molecule has 92 valence electrons. The van der Waals surface area contributed by atoms with Crippen molar-refractivity contribution < 1.29 is 9.18 Å². The van der Waals surface area contributed by atoms with Crippen LogP contribution in [-0.2, 0) is 0 Å². The summed E-state index contributed by atoms with van der Waals surface area (Å²) in [6.45, 7) is 2.86. The average molecular weight is 237 g/mol. The third-order valence-corrected chi connectivity index (χ3v) is 2.86. The fourth-order valence-corrected chi connectivity index (χ4v) is 1.90. The summed E-state index contributed by atoms with van der Waals surface area (Å²) >= 11 is 0. The summed E-state index contributed by atoms with van der Waals surface area (Å²) in [5.41, 5.74) is 0.753. The number of carbonyl (C=O) groups is 1. The van der Waals surface area contributed by atoms with Gasteiger partial charge in [0, 0.05) is 31.9 Å². The zero-order chi connectivity index (χ0) is 12.3. The summed E-state index contributed by atoms with van der Waals surface area (Å²) in [7, 11) is 1.86. The second kappa shape index (κ2) is 5.14. The number of benzene rings is 1. The Morgan fingerprint density at radius 1 is 1.29 bits per heavy atom. The predicted molar refractivity (Wildman–Crippen MR) is 64.6 cm³/mol. The molecule has 0 unspecified atom stereocenters. The maximum Gasteiger partial charge on any atom is 0.324 e. The summed E-state index contributed by atoms with van der Waals surface area (Å²) in [6.07, 6.45) is 0. The largest absolute Gasteiger partial charge is 0.324 e. The van der Waals surface area contributed by atoms with Crippen molar-refractivity contribution in [2.45, 2.75) is 0 Å². The number of likely N-dealkylation sites (N-methyl/N-ethyl adjacent to an activating group) is 1. The number of carbonyl (C=O) groups excluding carboxylic acids is 1. The minimum Gasteiger partial charge on any atom is -0.321 e. The fourth-order valence-electron chi connectivity index (χ4n) is 1.90. The monoisotopic (exact) mass is 237 g/mol. The molecule has 1 heterocycles. The third kappa shape index (κ3) is 2.55. The molecule has 0 saturated carbocycles. The zero-order valence-electron chi connectivity index (χ0n) is 9.82. The van der Waals surface area contributed by atoms with E-state index in [1.54, 1.807) is 21.9 Å². The van der Waals surface area contributed by atoms with Crippen molar-refractivity contribution in [1.29, 1.82) is 0 Å². The van der Waals surface area contributed by atoms with Gasteiger partial charge in [-0.3, -0.25) is 4.90 Å². The smallest absolute Gasteiger partial charge is 0.321 e. The van der Waals surface area contributed by atoms with E-state index in [0.29, 0.717) is 13.1 Å². The topological polar surface area (TPSA) is 35.6 Å². The van der Waals surface area contributed by atoms with E-state index in [2.05, 4.69) is 5.32 Å². The number of amides is 2. The second-order valence-electron chi connectivity index (χ2n) is 4.00. The number of rotatable bonds is 4. The number of anilines is 1. The van der Waals surface area contributed by atoms with Gasteiger partial charge in [0.1, 0.15) is 5.82 Å². The molecule has 0 bridgehead atoms. The Bertz CT molecular complexity index is 393. The third-order valence-electron chi connectivity index (χ3n) is 2.86. The van der Waals surface area contributed by atoms with Crippen LogP contribution < -0.4 is 10.2 Å². The van der Waals surface area contributed by atoms with Gasteiger partial charge < -0.3 is 10.2 Å². The van der Waals surface area contributed by atoms with Gasteiger partial charge in [0.2, 0.25) is 0 Å². The fraction of sp³-hybridized carbons (Fsp3) is 0.417. The average Bonchev–Trinajstić information content (AvgIpc) is 2.69. The number of urea groups is 1. The van der Waals surface area contributed by atoms with E-state index in [1.807, 2.05) is 7.05 Å². The standard InChI is InChI=1S/C12H16FN3O/c1-14-6-7-15-8-9-16(12(15)17)11-4-2-10(13)3-5-11/h2-5,14H,6-9H2,1H3. The van der Waals surface area contributed by atoms with Crippen LogP contribution in [0.4, 0.5) is 14.9 Å². The van der Waals surface area contributed by atoms with E-state index < -0.39 is 0 Å². The molecule has 2 amide bonds. The molecule has 1 aliphatic heterocycles. The van der Waals surface area contributed by atoms with E-state index in [1.165, 1.54) is 12.1 Å². The maximum absolute atomic E-state index is 12.8. The van der Waals surface area contributed by atoms with Gasteiger partial charge in [0.05, 0.1) is 0 Å². The molecule has 0 atom stereocenters. The van der Waals surface area contributed by atoms with Crippen LogP contribution >= 0.6 is 0 Å². The molecular weight excluding hydrogens is 221 g/mol. The maximum atomic E-state index is 12.8. The molecule has 1 fully saturated rings. The summed E-state index contributed by atoms with van der Waals surface area (Å²) in [5.74, 6) is -0.285. The lowest BCUT2D eigenvalue weighted by Gasteiger charge is -2.18. The number of hydrogen-bond acceptors (Lipinski definition) is 2. The quantitative estimate of drug-likeness (QED) is 0.856. The number of nitrogens with zero attached hydrogens (tertiary/aromatic N) is 2. The van der Waals surface area contributed by atoms with Gasteiger partial charge in [0.15, 0.2) is 0 Å². The Morgan fingerprint density at radius 3 is 2.65 bits per heavy atom. The molecule has 1 N–H and O–H groups in total. The molecule has 4 nitrogen and oxygen atoms in total. The molecule has 17 heavy (non-hydrogen) atoms. The van der Waals surface area contributed by atoms with Crippen molar-refractivity contribution in [1.82, 2.24) is 10.2 Å². The van der Waals surface area contributed by atoms with Gasteiger partial charge >= 0.3 is 6.03 Å². The highest BCUT2D eigenvalue weighted by atomic mass is 19.1. The first-order valence-corrected chi connectivity index (χ1v) is 5.69. The molecule has 1 aromatic rings. The zero-order valence-corrected chi connectivity index (χ0v) is 9.82. The van der Waals surface area contributed by atoms with Crippen molar-refractivity contribution in [3.63, 3.8) is 0 Å². The van der Waals surface area contributed by atoms with Crippen molar-refractivity contribution in [2.24, 2.45) is 0 Å². The Kier molecular flexibility index (Phi) is 3.58. The lowest BCUT2D eigenvalue weighted by atomic mass is 10.3. The van der Waals surface area contributed by atoms with E-state index in [9.17, 15) is 9.18 Å². The normalized spacial score (nSPS) is 15.8. The first-order valence-electron chi connectivity index (χ1n) is 5.69. The van der Waals surface area contributed by atoms with Gasteiger partial charge in [-0.05, 0) is 31.3 Å². The van der Waals surface area contributed by atoms with Crippen LogP contribution in [0.2, 0.25) is 0 Å². The van der Waals surface area contributed by atoms with Crippen LogP contribution in [-0.4, -0.2) is 44.2 Å². The predicted octanol–water partition coefficient (Wildman–Crippen LogP) is 1.29. The first kappa shape index (κ1) is 11.9. The molecular formula is C12H16FN3O. The molecule has 2 rings (SSSR count). The SMILES string of the molecule is CNCCN1CCN(c2ccc(F)cc2)C1=O. The molecule has 0 aliphatic carbocycles. The highest BCUT2D eigenvalue weighted by Crippen LogP contribution is 2.20. The van der Waals surface area contributed by atoms with Gasteiger partial charge in [-0.1, -0.05) is 0 Å². The number of hydrogen-bond donors (Lipinski definition) is 1. The van der Waals surface area contributed by atoms with Crippen LogP contribution in [0.1, 0.15) is 0 Å². The van der Waals surface area contributed by atoms with Crippen LogP contribution in [0.5, 0.6) is 0 Å². The lowest BCUT2D eigenvalue weighted by molar-refractivity contribution is 0.221. The minimum absolute atomic E-state index is 0.00754. The molecule has 1 aromatic carbocycles. The minimum atomic E-state index is -0.285. The number of halogens is 1. The van der Waals surface area contributed by atoms with Crippen molar-refractivity contribution >= 4 is 11.7 Å². The van der Waals surface area contributed by atoms with Gasteiger partial charge in [-0.25, -0.2) is 9.18 Å². The van der Waals surface area contributed by atoms with E-state index in [0.717, 1.165) is 18.8 Å². The van der Waals surface area contributed by atoms with Gasteiger partial charge in [-0.15, -0.1) is 0 Å². The Hall–Kier alpha value is -1.62. The molecule has 1 saturated heterocycles. The van der Waals surface area contributed by atoms with E-state index in [4.69, 9.17) is 0 Å². The second-order valence-corrected chi connectivity index (χ2v) is 4.00. The lowest BCUT2D eigenvalue weighted by Crippen LogP contribution is -2.35. The van der Waals surface area contributed by atoms with Crippen LogP contribution in [0.15, 0.2) is 24.3 Å². The van der Waals surface area contributed by atoms with Gasteiger partial charge in [0.25, 0.3) is 0 Å². The highest BCUT2D eigenvalue weighted by Gasteiger charge is 2.28. The number of nitrogens with one attached hydrogen (secondary N) is 1. The van der Waals surface area contributed by atoms with Crippen LogP contribution in [0.25, 0.3) is 0 Å². The van der Waals surface area contributed by atoms with Crippen molar-refractivity contribution in [3.8, 4) is 0 Å². The molecule has 0 radical (unpaired) electrons. The molecule has 1 aliphatic rings. The van der Waals surface area contributed by atoms with Gasteiger partial charge in [-0.2, -0.15) is 0 Å². The molecule has 0 aromatic heterocycles. The Balaban J connectivity index is 2.04. The van der Waals surface area contributed by atoms with E-state index in [-0.39, 0.29) is 11.8 Å².